The van der Waals surface area contributed by atoms with Gasteiger partial charge in [0.25, 0.3) is 11.5 Å². The third kappa shape index (κ3) is 4.45. The van der Waals surface area contributed by atoms with Crippen molar-refractivity contribution in [3.05, 3.63) is 99.1 Å². The fourth-order valence-electron chi connectivity index (χ4n) is 4.13. The molecule has 33 heavy (non-hydrogen) atoms. The van der Waals surface area contributed by atoms with Crippen LogP contribution in [0.25, 0.3) is 10.9 Å². The predicted octanol–water partition coefficient (Wildman–Crippen LogP) is 3.52. The third-order valence-electron chi connectivity index (χ3n) is 5.95. The van der Waals surface area contributed by atoms with Crippen LogP contribution in [-0.4, -0.2) is 52.2 Å². The van der Waals surface area contributed by atoms with Crippen LogP contribution >= 0.6 is 11.6 Å². The SMILES string of the molecule is O=C(c1ccc(Cc2n[nH]c(=O)c3cccnc23)cc1)N1CCN(c2ccc(Cl)cc2)CC1. The number of aromatic nitrogens is 3. The Morgan fingerprint density at radius 2 is 1.70 bits per heavy atom. The van der Waals surface area contributed by atoms with Crippen LogP contribution < -0.4 is 10.5 Å². The molecular weight excluding hydrogens is 438 g/mol. The number of halogens is 1. The highest BCUT2D eigenvalue weighted by molar-refractivity contribution is 6.30. The number of anilines is 1. The Balaban J connectivity index is 1.25. The van der Waals surface area contributed by atoms with Crippen molar-refractivity contribution in [1.82, 2.24) is 20.1 Å². The van der Waals surface area contributed by atoms with E-state index in [0.717, 1.165) is 29.4 Å². The van der Waals surface area contributed by atoms with Crippen LogP contribution in [0, 0.1) is 0 Å². The molecule has 2 aromatic carbocycles. The number of carbonyl (C=O) groups is 1. The monoisotopic (exact) mass is 459 g/mol. The maximum atomic E-state index is 13.0. The van der Waals surface area contributed by atoms with E-state index in [2.05, 4.69) is 20.1 Å². The van der Waals surface area contributed by atoms with Gasteiger partial charge in [0.05, 0.1) is 16.6 Å². The Morgan fingerprint density at radius 3 is 2.42 bits per heavy atom. The smallest absolute Gasteiger partial charge is 0.273 e. The number of aromatic amines is 1. The first-order valence-corrected chi connectivity index (χ1v) is 11.2. The van der Waals surface area contributed by atoms with E-state index < -0.39 is 0 Å². The molecule has 1 N–H and O–H groups in total. The van der Waals surface area contributed by atoms with Gasteiger partial charge < -0.3 is 9.80 Å². The largest absolute Gasteiger partial charge is 0.368 e. The fraction of sp³-hybridized carbons (Fsp3) is 0.200. The normalized spacial score (nSPS) is 14.0. The lowest BCUT2D eigenvalue weighted by molar-refractivity contribution is 0.0747. The van der Waals surface area contributed by atoms with E-state index in [0.29, 0.717) is 41.7 Å². The summed E-state index contributed by atoms with van der Waals surface area (Å²) in [5, 5.41) is 7.96. The van der Waals surface area contributed by atoms with Gasteiger partial charge in [-0.3, -0.25) is 14.6 Å². The number of benzene rings is 2. The Hall–Kier alpha value is -3.71. The van der Waals surface area contributed by atoms with Crippen LogP contribution in [0.15, 0.2) is 71.7 Å². The highest BCUT2D eigenvalue weighted by Crippen LogP contribution is 2.21. The summed E-state index contributed by atoms with van der Waals surface area (Å²) in [5.74, 6) is 0.0339. The minimum atomic E-state index is -0.251. The van der Waals surface area contributed by atoms with E-state index in [1.807, 2.05) is 53.4 Å². The molecule has 0 unspecified atom stereocenters. The van der Waals surface area contributed by atoms with E-state index in [4.69, 9.17) is 11.6 Å². The van der Waals surface area contributed by atoms with E-state index >= 15 is 0 Å². The maximum Gasteiger partial charge on any atom is 0.273 e. The number of nitrogens with one attached hydrogen (secondary N) is 1. The first-order valence-electron chi connectivity index (χ1n) is 10.8. The summed E-state index contributed by atoms with van der Waals surface area (Å²) in [5.41, 5.74) is 3.82. The highest BCUT2D eigenvalue weighted by Gasteiger charge is 2.22. The second kappa shape index (κ2) is 9.03. The van der Waals surface area contributed by atoms with Crippen molar-refractivity contribution in [3.63, 3.8) is 0 Å². The average molecular weight is 460 g/mol. The first-order chi connectivity index (χ1) is 16.1. The third-order valence-corrected chi connectivity index (χ3v) is 6.20. The molecule has 0 bridgehead atoms. The molecule has 0 saturated carbocycles. The number of amides is 1. The average Bonchev–Trinajstić information content (AvgIpc) is 2.86. The van der Waals surface area contributed by atoms with Crippen molar-refractivity contribution < 1.29 is 4.79 Å². The number of carbonyl (C=O) groups excluding carboxylic acids is 1. The number of hydrogen-bond acceptors (Lipinski definition) is 5. The van der Waals surface area contributed by atoms with Gasteiger partial charge in [-0.25, -0.2) is 5.10 Å². The summed E-state index contributed by atoms with van der Waals surface area (Å²) < 4.78 is 0. The standard InChI is InChI=1S/C25H22ClN5O2/c26-19-7-9-20(10-8-19)30-12-14-31(15-13-30)25(33)18-5-3-17(4-6-18)16-22-23-21(2-1-11-27-23)24(32)29-28-22/h1-11H,12-16H2,(H,29,32). The number of fused-ring (bicyclic) bond motifs is 1. The summed E-state index contributed by atoms with van der Waals surface area (Å²) in [6, 6.07) is 18.8. The molecule has 0 aliphatic carbocycles. The maximum absolute atomic E-state index is 13.0. The summed E-state index contributed by atoms with van der Waals surface area (Å²) in [6.45, 7) is 2.90. The van der Waals surface area contributed by atoms with Gasteiger partial charge in [-0.15, -0.1) is 0 Å². The number of hydrogen-bond donors (Lipinski definition) is 1. The minimum Gasteiger partial charge on any atom is -0.368 e. The summed E-state index contributed by atoms with van der Waals surface area (Å²) in [4.78, 5) is 33.4. The Kier molecular flexibility index (Phi) is 5.79. The second-order valence-corrected chi connectivity index (χ2v) is 8.46. The molecule has 3 heterocycles. The molecule has 1 fully saturated rings. The van der Waals surface area contributed by atoms with Crippen molar-refractivity contribution in [2.24, 2.45) is 0 Å². The molecule has 166 valence electrons. The van der Waals surface area contributed by atoms with Gasteiger partial charge in [-0.2, -0.15) is 5.10 Å². The van der Waals surface area contributed by atoms with Crippen molar-refractivity contribution >= 4 is 34.1 Å². The first kappa shape index (κ1) is 21.2. The number of nitrogens with zero attached hydrogens (tertiary/aromatic N) is 4. The number of H-pyrrole nitrogens is 1. The molecule has 2 aromatic heterocycles. The van der Waals surface area contributed by atoms with Crippen molar-refractivity contribution in [2.75, 3.05) is 31.1 Å². The Morgan fingerprint density at radius 1 is 0.970 bits per heavy atom. The summed E-state index contributed by atoms with van der Waals surface area (Å²) in [7, 11) is 0. The predicted molar refractivity (Wildman–Crippen MR) is 129 cm³/mol. The van der Waals surface area contributed by atoms with Gasteiger partial charge in [-0.1, -0.05) is 23.7 Å². The molecule has 1 aliphatic rings. The van der Waals surface area contributed by atoms with Crippen LogP contribution in [0.5, 0.6) is 0 Å². The topological polar surface area (TPSA) is 82.2 Å². The molecular formula is C25H22ClN5O2. The fourth-order valence-corrected chi connectivity index (χ4v) is 4.26. The lowest BCUT2D eigenvalue weighted by Crippen LogP contribution is -2.48. The van der Waals surface area contributed by atoms with Crippen LogP contribution in [-0.2, 0) is 6.42 Å². The van der Waals surface area contributed by atoms with Gasteiger partial charge in [0.2, 0.25) is 0 Å². The molecule has 0 radical (unpaired) electrons. The zero-order valence-corrected chi connectivity index (χ0v) is 18.6. The Bertz CT molecular complexity index is 1340. The number of piperazine rings is 1. The van der Waals surface area contributed by atoms with Gasteiger partial charge in [0.1, 0.15) is 0 Å². The molecule has 7 nitrogen and oxygen atoms in total. The van der Waals surface area contributed by atoms with Crippen LogP contribution in [0.4, 0.5) is 5.69 Å². The zero-order chi connectivity index (χ0) is 22.8. The van der Waals surface area contributed by atoms with Gasteiger partial charge in [-0.05, 0) is 54.1 Å². The van der Waals surface area contributed by atoms with Crippen molar-refractivity contribution in [3.8, 4) is 0 Å². The van der Waals surface area contributed by atoms with E-state index in [-0.39, 0.29) is 11.5 Å². The Labute approximate surface area is 195 Å². The van der Waals surface area contributed by atoms with Crippen LogP contribution in [0.3, 0.4) is 0 Å². The molecule has 0 atom stereocenters. The number of pyridine rings is 1. The van der Waals surface area contributed by atoms with Crippen LogP contribution in [0.2, 0.25) is 5.02 Å². The molecule has 5 rings (SSSR count). The summed E-state index contributed by atoms with van der Waals surface area (Å²) >= 11 is 5.98. The lowest BCUT2D eigenvalue weighted by Gasteiger charge is -2.36. The molecule has 1 aliphatic heterocycles. The zero-order valence-electron chi connectivity index (χ0n) is 17.9. The second-order valence-electron chi connectivity index (χ2n) is 8.03. The van der Waals surface area contributed by atoms with E-state index in [1.165, 1.54) is 0 Å². The molecule has 1 saturated heterocycles. The van der Waals surface area contributed by atoms with Crippen molar-refractivity contribution in [2.45, 2.75) is 6.42 Å². The van der Waals surface area contributed by atoms with Crippen molar-refractivity contribution in [1.29, 1.82) is 0 Å². The minimum absolute atomic E-state index is 0.0339. The van der Waals surface area contributed by atoms with Crippen LogP contribution in [0.1, 0.15) is 21.6 Å². The quantitative estimate of drug-likeness (QED) is 0.505. The van der Waals surface area contributed by atoms with E-state index in [1.54, 1.807) is 18.3 Å². The molecule has 1 amide bonds. The highest BCUT2D eigenvalue weighted by atomic mass is 35.5. The molecule has 8 heteroatoms. The summed E-state index contributed by atoms with van der Waals surface area (Å²) in [6.07, 6.45) is 2.17. The molecule has 0 spiro atoms. The van der Waals surface area contributed by atoms with Gasteiger partial charge in [0, 0.05) is 55.1 Å². The lowest BCUT2D eigenvalue weighted by atomic mass is 10.0. The van der Waals surface area contributed by atoms with Gasteiger partial charge in [0.15, 0.2) is 0 Å². The van der Waals surface area contributed by atoms with Gasteiger partial charge >= 0.3 is 0 Å². The molecule has 4 aromatic rings. The number of rotatable bonds is 4. The van der Waals surface area contributed by atoms with E-state index in [9.17, 15) is 9.59 Å².